The van der Waals surface area contributed by atoms with Crippen molar-refractivity contribution in [3.05, 3.63) is 16.3 Å². The van der Waals surface area contributed by atoms with E-state index in [9.17, 15) is 8.42 Å². The fourth-order valence-electron chi connectivity index (χ4n) is 2.30. The molecule has 1 aromatic heterocycles. The standard InChI is InChI=1S/C11H18N2O2S2/c1-8-3-2-4-9(8)13-17(14,15)11-5-6-16-10(11)7-12/h5-6,8-9,13H,2-4,7,12H2,1H3. The average Bonchev–Trinajstić information content (AvgIpc) is 2.88. The molecule has 0 bridgehead atoms. The van der Waals surface area contributed by atoms with E-state index >= 15 is 0 Å². The molecule has 1 aromatic rings. The second-order valence-corrected chi connectivity index (χ2v) is 7.23. The molecule has 0 spiro atoms. The Morgan fingerprint density at radius 2 is 2.29 bits per heavy atom. The maximum Gasteiger partial charge on any atom is 0.241 e. The number of thiophene rings is 1. The average molecular weight is 274 g/mol. The Morgan fingerprint density at radius 3 is 2.88 bits per heavy atom. The summed E-state index contributed by atoms with van der Waals surface area (Å²) in [7, 11) is -3.40. The van der Waals surface area contributed by atoms with Gasteiger partial charge in [0.25, 0.3) is 0 Å². The van der Waals surface area contributed by atoms with Crippen LogP contribution in [0.3, 0.4) is 0 Å². The van der Waals surface area contributed by atoms with Gasteiger partial charge >= 0.3 is 0 Å². The zero-order chi connectivity index (χ0) is 12.5. The molecule has 17 heavy (non-hydrogen) atoms. The number of hydrogen-bond donors (Lipinski definition) is 2. The fourth-order valence-corrected chi connectivity index (χ4v) is 5.01. The van der Waals surface area contributed by atoms with Crippen molar-refractivity contribution in [3.63, 3.8) is 0 Å². The van der Waals surface area contributed by atoms with Gasteiger partial charge in [0.1, 0.15) is 0 Å². The van der Waals surface area contributed by atoms with Crippen molar-refractivity contribution < 1.29 is 8.42 Å². The number of hydrogen-bond acceptors (Lipinski definition) is 4. The predicted octanol–water partition coefficient (Wildman–Crippen LogP) is 1.67. The van der Waals surface area contributed by atoms with Crippen molar-refractivity contribution in [2.45, 2.75) is 43.7 Å². The molecule has 0 aliphatic heterocycles. The fraction of sp³-hybridized carbons (Fsp3) is 0.636. The Labute approximate surface area is 106 Å². The van der Waals surface area contributed by atoms with Crippen LogP contribution >= 0.6 is 11.3 Å². The molecule has 96 valence electrons. The van der Waals surface area contributed by atoms with E-state index in [0.29, 0.717) is 10.8 Å². The van der Waals surface area contributed by atoms with Crippen LogP contribution in [0.4, 0.5) is 0 Å². The first-order valence-electron chi connectivity index (χ1n) is 5.83. The van der Waals surface area contributed by atoms with E-state index in [1.54, 1.807) is 11.4 Å². The molecule has 0 amide bonds. The van der Waals surface area contributed by atoms with Crippen LogP contribution in [0.25, 0.3) is 0 Å². The SMILES string of the molecule is CC1CCCC1NS(=O)(=O)c1ccsc1CN. The molecule has 6 heteroatoms. The van der Waals surface area contributed by atoms with E-state index in [-0.39, 0.29) is 12.6 Å². The summed E-state index contributed by atoms with van der Waals surface area (Å²) in [6.07, 6.45) is 3.13. The van der Waals surface area contributed by atoms with E-state index in [1.807, 2.05) is 0 Å². The van der Waals surface area contributed by atoms with Gasteiger partial charge in [-0.05, 0) is 30.2 Å². The molecule has 2 unspecified atom stereocenters. The largest absolute Gasteiger partial charge is 0.326 e. The van der Waals surface area contributed by atoms with Gasteiger partial charge < -0.3 is 5.73 Å². The Bertz CT molecular complexity index is 481. The molecule has 1 saturated carbocycles. The maximum atomic E-state index is 12.2. The molecule has 0 radical (unpaired) electrons. The van der Waals surface area contributed by atoms with Gasteiger partial charge in [0, 0.05) is 17.5 Å². The number of nitrogens with two attached hydrogens (primary N) is 1. The number of nitrogens with one attached hydrogen (secondary N) is 1. The number of sulfonamides is 1. The molecular weight excluding hydrogens is 256 g/mol. The highest BCUT2D eigenvalue weighted by Crippen LogP contribution is 2.28. The Morgan fingerprint density at radius 1 is 1.53 bits per heavy atom. The van der Waals surface area contributed by atoms with Crippen LogP contribution in [0.15, 0.2) is 16.3 Å². The molecule has 3 N–H and O–H groups in total. The van der Waals surface area contributed by atoms with Crippen LogP contribution in [0.1, 0.15) is 31.1 Å². The molecular formula is C11H18N2O2S2. The van der Waals surface area contributed by atoms with Gasteiger partial charge in [0.2, 0.25) is 10.0 Å². The lowest BCUT2D eigenvalue weighted by molar-refractivity contribution is 0.476. The third kappa shape index (κ3) is 2.70. The van der Waals surface area contributed by atoms with Crippen molar-refractivity contribution in [2.24, 2.45) is 11.7 Å². The summed E-state index contributed by atoms with van der Waals surface area (Å²) in [4.78, 5) is 1.08. The second kappa shape index (κ2) is 5.06. The Kier molecular flexibility index (Phi) is 3.87. The highest BCUT2D eigenvalue weighted by atomic mass is 32.2. The molecule has 0 saturated heterocycles. The van der Waals surface area contributed by atoms with Gasteiger partial charge in [0.15, 0.2) is 0 Å². The van der Waals surface area contributed by atoms with Gasteiger partial charge in [0.05, 0.1) is 4.90 Å². The van der Waals surface area contributed by atoms with Crippen LogP contribution in [0.2, 0.25) is 0 Å². The highest BCUT2D eigenvalue weighted by molar-refractivity contribution is 7.89. The van der Waals surface area contributed by atoms with E-state index in [1.165, 1.54) is 11.3 Å². The quantitative estimate of drug-likeness (QED) is 0.877. The molecule has 4 nitrogen and oxygen atoms in total. The van der Waals surface area contributed by atoms with Crippen molar-refractivity contribution in [3.8, 4) is 0 Å². The monoisotopic (exact) mass is 274 g/mol. The Hall–Kier alpha value is -0.430. The summed E-state index contributed by atoms with van der Waals surface area (Å²) < 4.78 is 27.2. The van der Waals surface area contributed by atoms with Gasteiger partial charge in [-0.15, -0.1) is 11.3 Å². The molecule has 1 aliphatic carbocycles. The lowest BCUT2D eigenvalue weighted by Crippen LogP contribution is -2.36. The van der Waals surface area contributed by atoms with Crippen LogP contribution in [0.5, 0.6) is 0 Å². The van der Waals surface area contributed by atoms with E-state index in [4.69, 9.17) is 5.73 Å². The van der Waals surface area contributed by atoms with Crippen LogP contribution in [-0.4, -0.2) is 14.5 Å². The minimum absolute atomic E-state index is 0.0746. The predicted molar refractivity (Wildman–Crippen MR) is 69.3 cm³/mol. The maximum absolute atomic E-state index is 12.2. The molecule has 1 heterocycles. The minimum Gasteiger partial charge on any atom is -0.326 e. The molecule has 2 atom stereocenters. The van der Waals surface area contributed by atoms with E-state index in [0.717, 1.165) is 24.1 Å². The molecule has 0 aromatic carbocycles. The summed E-state index contributed by atoms with van der Waals surface area (Å²) in [5.41, 5.74) is 5.55. The van der Waals surface area contributed by atoms with E-state index < -0.39 is 10.0 Å². The zero-order valence-corrected chi connectivity index (χ0v) is 11.5. The van der Waals surface area contributed by atoms with Crippen molar-refractivity contribution in [1.29, 1.82) is 0 Å². The van der Waals surface area contributed by atoms with Crippen molar-refractivity contribution >= 4 is 21.4 Å². The highest BCUT2D eigenvalue weighted by Gasteiger charge is 2.29. The topological polar surface area (TPSA) is 72.2 Å². The number of rotatable bonds is 4. The van der Waals surface area contributed by atoms with Crippen molar-refractivity contribution in [2.75, 3.05) is 0 Å². The summed E-state index contributed by atoms with van der Waals surface area (Å²) in [6, 6.07) is 1.71. The van der Waals surface area contributed by atoms with Crippen LogP contribution in [-0.2, 0) is 16.6 Å². The lowest BCUT2D eigenvalue weighted by atomic mass is 10.1. The first-order chi connectivity index (χ1) is 8.04. The molecule has 1 fully saturated rings. The third-order valence-electron chi connectivity index (χ3n) is 3.35. The smallest absolute Gasteiger partial charge is 0.241 e. The van der Waals surface area contributed by atoms with Gasteiger partial charge in [-0.1, -0.05) is 13.3 Å². The summed E-state index contributed by atoms with van der Waals surface area (Å²) >= 11 is 1.39. The summed E-state index contributed by atoms with van der Waals surface area (Å²) in [5, 5.41) is 1.77. The van der Waals surface area contributed by atoms with Crippen molar-refractivity contribution in [1.82, 2.24) is 4.72 Å². The molecule has 1 aliphatic rings. The second-order valence-electron chi connectivity index (χ2n) is 4.55. The zero-order valence-electron chi connectivity index (χ0n) is 9.85. The minimum atomic E-state index is -3.40. The lowest BCUT2D eigenvalue weighted by Gasteiger charge is -2.17. The normalized spacial score (nSPS) is 25.3. The Balaban J connectivity index is 2.19. The van der Waals surface area contributed by atoms with Gasteiger partial charge in [-0.3, -0.25) is 0 Å². The molecule has 2 rings (SSSR count). The van der Waals surface area contributed by atoms with Gasteiger partial charge in [-0.2, -0.15) is 0 Å². The van der Waals surface area contributed by atoms with Crippen LogP contribution < -0.4 is 10.5 Å². The first-order valence-corrected chi connectivity index (χ1v) is 8.19. The summed E-state index contributed by atoms with van der Waals surface area (Å²) in [5.74, 6) is 0.421. The van der Waals surface area contributed by atoms with Crippen LogP contribution in [0, 0.1) is 5.92 Å². The van der Waals surface area contributed by atoms with Gasteiger partial charge in [-0.25, -0.2) is 13.1 Å². The third-order valence-corrected chi connectivity index (χ3v) is 5.99. The summed E-state index contributed by atoms with van der Waals surface area (Å²) in [6.45, 7) is 2.37. The first kappa shape index (κ1) is 13.0. The van der Waals surface area contributed by atoms with E-state index in [2.05, 4.69) is 11.6 Å².